The Bertz CT molecular complexity index is 933. The molecule has 1 aliphatic heterocycles. The topological polar surface area (TPSA) is 79.0 Å². The van der Waals surface area contributed by atoms with Crippen LogP contribution in [-0.4, -0.2) is 64.5 Å². The zero-order valence-corrected chi connectivity index (χ0v) is 17.0. The number of nitrogens with zero attached hydrogens (tertiary/aromatic N) is 2. The van der Waals surface area contributed by atoms with Crippen molar-refractivity contribution >= 4 is 15.9 Å². The van der Waals surface area contributed by atoms with E-state index < -0.39 is 16.1 Å². The van der Waals surface area contributed by atoms with Gasteiger partial charge in [0.25, 0.3) is 0 Å². The molecule has 0 saturated carbocycles. The van der Waals surface area contributed by atoms with Crippen molar-refractivity contribution in [2.24, 2.45) is 0 Å². The third kappa shape index (κ3) is 4.19. The SMILES string of the molecule is COc1cccc(S(=O)(=O)NC[C@@H]2CN(C)C(=O)[C@H](c3ccccc3)N2C)c1. The Kier molecular flexibility index (Phi) is 6.02. The smallest absolute Gasteiger partial charge is 0.244 e. The van der Waals surface area contributed by atoms with E-state index in [1.165, 1.54) is 19.2 Å². The van der Waals surface area contributed by atoms with E-state index in [2.05, 4.69) is 4.72 Å². The van der Waals surface area contributed by atoms with Crippen LogP contribution < -0.4 is 9.46 Å². The van der Waals surface area contributed by atoms with Crippen LogP contribution in [-0.2, 0) is 14.8 Å². The Labute approximate surface area is 166 Å². The summed E-state index contributed by atoms with van der Waals surface area (Å²) in [6.45, 7) is 0.635. The maximum atomic E-state index is 12.7. The lowest BCUT2D eigenvalue weighted by molar-refractivity contribution is -0.142. The van der Waals surface area contributed by atoms with Crippen LogP contribution in [0.15, 0.2) is 59.5 Å². The molecule has 8 heteroatoms. The zero-order chi connectivity index (χ0) is 20.3. The fourth-order valence-corrected chi connectivity index (χ4v) is 4.52. The molecule has 1 heterocycles. The number of carbonyl (C=O) groups excluding carboxylic acids is 1. The number of carbonyl (C=O) groups is 1. The fraction of sp³-hybridized carbons (Fsp3) is 0.350. The molecule has 0 radical (unpaired) electrons. The number of ether oxygens (including phenoxy) is 1. The second kappa shape index (κ2) is 8.30. The molecule has 0 aromatic heterocycles. The van der Waals surface area contributed by atoms with E-state index in [4.69, 9.17) is 4.74 Å². The van der Waals surface area contributed by atoms with Gasteiger partial charge in [-0.3, -0.25) is 9.69 Å². The van der Waals surface area contributed by atoms with Gasteiger partial charge >= 0.3 is 0 Å². The van der Waals surface area contributed by atoms with Crippen LogP contribution in [0, 0.1) is 0 Å². The maximum absolute atomic E-state index is 12.7. The van der Waals surface area contributed by atoms with Crippen molar-refractivity contribution in [1.29, 1.82) is 0 Å². The largest absolute Gasteiger partial charge is 0.497 e. The molecule has 1 saturated heterocycles. The molecule has 3 rings (SSSR count). The van der Waals surface area contributed by atoms with Gasteiger partial charge in [-0.15, -0.1) is 0 Å². The number of sulfonamides is 1. The van der Waals surface area contributed by atoms with Crippen LogP contribution in [0.1, 0.15) is 11.6 Å². The van der Waals surface area contributed by atoms with Crippen molar-refractivity contribution in [3.63, 3.8) is 0 Å². The standard InChI is InChI=1S/C20H25N3O4S/c1-22-14-16(23(2)19(20(22)24)15-8-5-4-6-9-15)13-21-28(25,26)18-11-7-10-17(12-18)27-3/h4-12,16,19,21H,13-14H2,1-3H3/t16-,19+/m1/s1. The summed E-state index contributed by atoms with van der Waals surface area (Å²) in [5, 5.41) is 0. The van der Waals surface area contributed by atoms with Crippen molar-refractivity contribution in [1.82, 2.24) is 14.5 Å². The highest BCUT2D eigenvalue weighted by Crippen LogP contribution is 2.28. The molecule has 2 aromatic carbocycles. The number of benzene rings is 2. The van der Waals surface area contributed by atoms with Gasteiger partial charge in [0.15, 0.2) is 0 Å². The summed E-state index contributed by atoms with van der Waals surface area (Å²) in [7, 11) is 1.40. The van der Waals surface area contributed by atoms with Gasteiger partial charge in [0, 0.05) is 32.2 Å². The molecule has 150 valence electrons. The molecule has 2 aromatic rings. The highest BCUT2D eigenvalue weighted by molar-refractivity contribution is 7.89. The Hall–Kier alpha value is -2.42. The summed E-state index contributed by atoms with van der Waals surface area (Å²) >= 11 is 0. The van der Waals surface area contributed by atoms with Crippen LogP contribution in [0.2, 0.25) is 0 Å². The summed E-state index contributed by atoms with van der Waals surface area (Å²) in [4.78, 5) is 16.4. The molecular weight excluding hydrogens is 378 g/mol. The number of likely N-dealkylation sites (N-methyl/N-ethyl adjacent to an activating group) is 2. The first-order chi connectivity index (χ1) is 13.3. The summed E-state index contributed by atoms with van der Waals surface area (Å²) in [6, 6.07) is 15.3. The van der Waals surface area contributed by atoms with E-state index in [1.807, 2.05) is 42.3 Å². The summed E-state index contributed by atoms with van der Waals surface area (Å²) in [6.07, 6.45) is 0. The van der Waals surface area contributed by atoms with Crippen LogP contribution in [0.25, 0.3) is 0 Å². The predicted octanol–water partition coefficient (Wildman–Crippen LogP) is 1.49. The van der Waals surface area contributed by atoms with Crippen molar-refractivity contribution < 1.29 is 17.9 Å². The number of amides is 1. The lowest BCUT2D eigenvalue weighted by atomic mass is 9.99. The molecule has 28 heavy (non-hydrogen) atoms. The molecule has 1 amide bonds. The van der Waals surface area contributed by atoms with Gasteiger partial charge in [-0.1, -0.05) is 36.4 Å². The van der Waals surface area contributed by atoms with Gasteiger partial charge in [-0.05, 0) is 24.7 Å². The predicted molar refractivity (Wildman–Crippen MR) is 107 cm³/mol. The molecule has 1 aliphatic rings. The summed E-state index contributed by atoms with van der Waals surface area (Å²) in [5.41, 5.74) is 0.891. The molecule has 0 spiro atoms. The second-order valence-electron chi connectivity index (χ2n) is 6.88. The van der Waals surface area contributed by atoms with Crippen LogP contribution in [0.3, 0.4) is 0 Å². The molecule has 0 unspecified atom stereocenters. The molecule has 2 atom stereocenters. The molecule has 0 bridgehead atoms. The third-order valence-electron chi connectivity index (χ3n) is 5.05. The maximum Gasteiger partial charge on any atom is 0.244 e. The quantitative estimate of drug-likeness (QED) is 0.791. The van der Waals surface area contributed by atoms with Gasteiger partial charge in [0.1, 0.15) is 11.8 Å². The molecule has 1 N–H and O–H groups in total. The number of piperazine rings is 1. The fourth-order valence-electron chi connectivity index (χ4n) is 3.41. The Morgan fingerprint density at radius 3 is 2.50 bits per heavy atom. The highest BCUT2D eigenvalue weighted by Gasteiger charge is 2.38. The normalized spacial score (nSPS) is 21.0. The lowest BCUT2D eigenvalue weighted by Gasteiger charge is -2.43. The summed E-state index contributed by atoms with van der Waals surface area (Å²) in [5.74, 6) is 0.479. The highest BCUT2D eigenvalue weighted by atomic mass is 32.2. The lowest BCUT2D eigenvalue weighted by Crippen LogP contribution is -2.58. The minimum atomic E-state index is -3.69. The van der Waals surface area contributed by atoms with E-state index in [0.29, 0.717) is 12.3 Å². The third-order valence-corrected chi connectivity index (χ3v) is 6.48. The zero-order valence-electron chi connectivity index (χ0n) is 16.2. The number of hydrogen-bond donors (Lipinski definition) is 1. The van der Waals surface area contributed by atoms with Crippen molar-refractivity contribution in [2.75, 3.05) is 34.3 Å². The van der Waals surface area contributed by atoms with Crippen molar-refractivity contribution in [3.05, 3.63) is 60.2 Å². The number of rotatable bonds is 6. The molecular formula is C20H25N3O4S. The van der Waals surface area contributed by atoms with Crippen LogP contribution in [0.4, 0.5) is 0 Å². The Morgan fingerprint density at radius 2 is 1.82 bits per heavy atom. The molecule has 0 aliphatic carbocycles. The van der Waals surface area contributed by atoms with Gasteiger partial charge in [0.05, 0.1) is 12.0 Å². The van der Waals surface area contributed by atoms with Gasteiger partial charge in [0.2, 0.25) is 15.9 Å². The van der Waals surface area contributed by atoms with Crippen LogP contribution >= 0.6 is 0 Å². The van der Waals surface area contributed by atoms with E-state index in [-0.39, 0.29) is 23.4 Å². The van der Waals surface area contributed by atoms with Gasteiger partial charge < -0.3 is 9.64 Å². The van der Waals surface area contributed by atoms with Gasteiger partial charge in [-0.2, -0.15) is 0 Å². The van der Waals surface area contributed by atoms with Crippen LogP contribution in [0.5, 0.6) is 5.75 Å². The second-order valence-corrected chi connectivity index (χ2v) is 8.65. The molecule has 7 nitrogen and oxygen atoms in total. The van der Waals surface area contributed by atoms with E-state index in [9.17, 15) is 13.2 Å². The minimum Gasteiger partial charge on any atom is -0.497 e. The first kappa shape index (κ1) is 20.3. The molecule has 1 fully saturated rings. The monoisotopic (exact) mass is 403 g/mol. The number of nitrogens with one attached hydrogen (secondary N) is 1. The van der Waals surface area contributed by atoms with Crippen molar-refractivity contribution in [2.45, 2.75) is 17.0 Å². The van der Waals surface area contributed by atoms with E-state index >= 15 is 0 Å². The van der Waals surface area contributed by atoms with E-state index in [0.717, 1.165) is 5.56 Å². The average Bonchev–Trinajstić information content (AvgIpc) is 2.71. The Balaban J connectivity index is 1.77. The first-order valence-corrected chi connectivity index (χ1v) is 10.5. The Morgan fingerprint density at radius 1 is 1.11 bits per heavy atom. The van der Waals surface area contributed by atoms with Gasteiger partial charge in [-0.25, -0.2) is 13.1 Å². The van der Waals surface area contributed by atoms with E-state index in [1.54, 1.807) is 24.1 Å². The average molecular weight is 404 g/mol. The summed E-state index contributed by atoms with van der Waals surface area (Å²) < 4.78 is 33.1. The minimum absolute atomic E-state index is 0.000558. The number of hydrogen-bond acceptors (Lipinski definition) is 5. The van der Waals surface area contributed by atoms with Crippen molar-refractivity contribution in [3.8, 4) is 5.75 Å². The first-order valence-electron chi connectivity index (χ1n) is 8.99. The number of methoxy groups -OCH3 is 1.